The van der Waals surface area contributed by atoms with E-state index in [-0.39, 0.29) is 18.4 Å². The van der Waals surface area contributed by atoms with Gasteiger partial charge >= 0.3 is 12.1 Å². The fourth-order valence-electron chi connectivity index (χ4n) is 2.54. The van der Waals surface area contributed by atoms with Gasteiger partial charge in [-0.05, 0) is 59.9 Å². The van der Waals surface area contributed by atoms with Gasteiger partial charge in [-0.25, -0.2) is 4.79 Å². The maximum atomic E-state index is 12.4. The molecule has 8 nitrogen and oxygen atoms in total. The van der Waals surface area contributed by atoms with Gasteiger partial charge in [0.15, 0.2) is 0 Å². The van der Waals surface area contributed by atoms with Crippen LogP contribution in [0, 0.1) is 0 Å². The van der Waals surface area contributed by atoms with E-state index in [1.165, 1.54) is 0 Å². The highest BCUT2D eigenvalue weighted by atomic mass is 16.6. The summed E-state index contributed by atoms with van der Waals surface area (Å²) in [5, 5.41) is 3.73. The van der Waals surface area contributed by atoms with E-state index >= 15 is 0 Å². The molecular weight excluding hydrogens is 312 g/mol. The molecule has 0 bridgehead atoms. The zero-order chi connectivity index (χ0) is 18.5. The van der Waals surface area contributed by atoms with Crippen molar-refractivity contribution in [2.45, 2.75) is 84.1 Å². The number of amides is 1. The first-order valence-corrected chi connectivity index (χ1v) is 8.17. The van der Waals surface area contributed by atoms with Gasteiger partial charge in [-0.15, -0.1) is 0 Å². The number of carbonyl (C=O) groups is 2. The Morgan fingerprint density at radius 1 is 1.17 bits per heavy atom. The molecule has 1 rings (SSSR count). The van der Waals surface area contributed by atoms with Gasteiger partial charge in [0.25, 0.3) is 0 Å². The Bertz CT molecular complexity index is 515. The molecule has 1 aliphatic heterocycles. The van der Waals surface area contributed by atoms with Crippen molar-refractivity contribution in [3.05, 3.63) is 10.4 Å². The van der Waals surface area contributed by atoms with Crippen LogP contribution in [0.5, 0.6) is 0 Å². The van der Waals surface area contributed by atoms with Gasteiger partial charge in [-0.3, -0.25) is 4.79 Å². The fraction of sp³-hybridized carbons (Fsp3) is 0.875. The Morgan fingerprint density at radius 2 is 1.75 bits per heavy atom. The summed E-state index contributed by atoms with van der Waals surface area (Å²) < 4.78 is 10.8. The summed E-state index contributed by atoms with van der Waals surface area (Å²) >= 11 is 0. The third-order valence-corrected chi connectivity index (χ3v) is 3.35. The van der Waals surface area contributed by atoms with Crippen molar-refractivity contribution in [2.24, 2.45) is 5.11 Å². The second-order valence-electron chi connectivity index (χ2n) is 8.00. The lowest BCUT2D eigenvalue weighted by Gasteiger charge is -2.38. The summed E-state index contributed by atoms with van der Waals surface area (Å²) in [7, 11) is 0. The zero-order valence-corrected chi connectivity index (χ0v) is 15.4. The molecule has 0 aromatic heterocycles. The van der Waals surface area contributed by atoms with Gasteiger partial charge in [-0.2, -0.15) is 0 Å². The molecule has 0 N–H and O–H groups in total. The van der Waals surface area contributed by atoms with Crippen LogP contribution in [0.4, 0.5) is 4.79 Å². The highest BCUT2D eigenvalue weighted by Crippen LogP contribution is 2.26. The Hall–Kier alpha value is -1.95. The van der Waals surface area contributed by atoms with Crippen LogP contribution in [-0.4, -0.2) is 46.8 Å². The molecule has 0 saturated carbocycles. The average molecular weight is 340 g/mol. The Labute approximate surface area is 143 Å². The van der Waals surface area contributed by atoms with Crippen molar-refractivity contribution in [1.82, 2.24) is 4.90 Å². The molecule has 8 heteroatoms. The standard InChI is InChI=1S/C16H28N4O4/c1-15(2,3)23-13(21)10-12-9-11(18-19-17)7-8-20(12)14(22)24-16(4,5)6/h11-12H,7-10H2,1-6H3/t11?,12-/m0/s1. The topological polar surface area (TPSA) is 105 Å². The molecule has 1 aliphatic rings. The molecule has 0 spiro atoms. The summed E-state index contributed by atoms with van der Waals surface area (Å²) in [6.07, 6.45) is 0.556. The summed E-state index contributed by atoms with van der Waals surface area (Å²) in [4.78, 5) is 28.9. The minimum atomic E-state index is -0.616. The Kier molecular flexibility index (Phi) is 6.49. The van der Waals surface area contributed by atoms with Gasteiger partial charge in [0.2, 0.25) is 0 Å². The van der Waals surface area contributed by atoms with Crippen molar-refractivity contribution < 1.29 is 19.1 Å². The van der Waals surface area contributed by atoms with Gasteiger partial charge < -0.3 is 14.4 Å². The highest BCUT2D eigenvalue weighted by Gasteiger charge is 2.36. The third kappa shape index (κ3) is 7.08. The van der Waals surface area contributed by atoms with Crippen molar-refractivity contribution >= 4 is 12.1 Å². The van der Waals surface area contributed by atoms with E-state index in [1.807, 2.05) is 0 Å². The predicted octanol–water partition coefficient (Wildman–Crippen LogP) is 3.80. The number of ether oxygens (including phenoxy) is 2. The molecule has 1 amide bonds. The summed E-state index contributed by atoms with van der Waals surface area (Å²) in [5.41, 5.74) is 7.42. The number of carbonyl (C=O) groups excluding carboxylic acids is 2. The number of hydrogen-bond donors (Lipinski definition) is 0. The van der Waals surface area contributed by atoms with E-state index in [4.69, 9.17) is 15.0 Å². The summed E-state index contributed by atoms with van der Waals surface area (Å²) in [5.74, 6) is -0.386. The van der Waals surface area contributed by atoms with Gasteiger partial charge in [0, 0.05) is 23.5 Å². The lowest BCUT2D eigenvalue weighted by Crippen LogP contribution is -2.50. The van der Waals surface area contributed by atoms with Crippen LogP contribution in [0.3, 0.4) is 0 Å². The molecule has 1 heterocycles. The quantitative estimate of drug-likeness (QED) is 0.337. The van der Waals surface area contributed by atoms with Crippen molar-refractivity contribution in [1.29, 1.82) is 0 Å². The zero-order valence-electron chi connectivity index (χ0n) is 15.4. The third-order valence-electron chi connectivity index (χ3n) is 3.35. The van der Waals surface area contributed by atoms with E-state index in [2.05, 4.69) is 10.0 Å². The van der Waals surface area contributed by atoms with Gasteiger partial charge in [0.05, 0.1) is 6.42 Å². The van der Waals surface area contributed by atoms with Crippen LogP contribution >= 0.6 is 0 Å². The lowest BCUT2D eigenvalue weighted by molar-refractivity contribution is -0.156. The monoisotopic (exact) mass is 340 g/mol. The summed E-state index contributed by atoms with van der Waals surface area (Å²) in [6.45, 7) is 11.1. The molecular formula is C16H28N4O4. The Morgan fingerprint density at radius 3 is 2.25 bits per heavy atom. The number of azide groups is 1. The number of nitrogens with zero attached hydrogens (tertiary/aromatic N) is 4. The highest BCUT2D eigenvalue weighted by molar-refractivity contribution is 5.73. The molecule has 24 heavy (non-hydrogen) atoms. The van der Waals surface area contributed by atoms with Crippen LogP contribution in [0.2, 0.25) is 0 Å². The van der Waals surface area contributed by atoms with E-state index in [0.717, 1.165) is 0 Å². The molecule has 0 aliphatic carbocycles. The molecule has 2 atom stereocenters. The molecule has 1 unspecified atom stereocenters. The van der Waals surface area contributed by atoms with E-state index in [0.29, 0.717) is 19.4 Å². The van der Waals surface area contributed by atoms with Gasteiger partial charge in [0.1, 0.15) is 11.2 Å². The Balaban J connectivity index is 2.85. The van der Waals surface area contributed by atoms with Crippen molar-refractivity contribution in [2.75, 3.05) is 6.54 Å². The number of likely N-dealkylation sites (tertiary alicyclic amines) is 1. The SMILES string of the molecule is CC(C)(C)OC(=O)C[C@@H]1CC(N=[N+]=[N-])CCN1C(=O)OC(C)(C)C. The number of piperidine rings is 1. The van der Waals surface area contributed by atoms with Gasteiger partial charge in [-0.1, -0.05) is 5.11 Å². The van der Waals surface area contributed by atoms with Crippen LogP contribution < -0.4 is 0 Å². The average Bonchev–Trinajstić information content (AvgIpc) is 2.34. The van der Waals surface area contributed by atoms with Crippen LogP contribution in [-0.2, 0) is 14.3 Å². The maximum absolute atomic E-state index is 12.4. The number of rotatable bonds is 3. The van der Waals surface area contributed by atoms with E-state index in [1.54, 1.807) is 46.4 Å². The first-order chi connectivity index (χ1) is 10.9. The molecule has 136 valence electrons. The molecule has 1 saturated heterocycles. The van der Waals surface area contributed by atoms with E-state index < -0.39 is 23.3 Å². The first kappa shape index (κ1) is 20.1. The number of hydrogen-bond acceptors (Lipinski definition) is 5. The van der Waals surface area contributed by atoms with Crippen molar-refractivity contribution in [3.8, 4) is 0 Å². The molecule has 0 aromatic rings. The minimum Gasteiger partial charge on any atom is -0.460 e. The van der Waals surface area contributed by atoms with Crippen LogP contribution in [0.1, 0.15) is 60.8 Å². The van der Waals surface area contributed by atoms with Crippen LogP contribution in [0.25, 0.3) is 10.4 Å². The smallest absolute Gasteiger partial charge is 0.410 e. The normalized spacial score (nSPS) is 21.7. The first-order valence-electron chi connectivity index (χ1n) is 8.17. The predicted molar refractivity (Wildman–Crippen MR) is 89.4 cm³/mol. The number of esters is 1. The largest absolute Gasteiger partial charge is 0.460 e. The van der Waals surface area contributed by atoms with Crippen LogP contribution in [0.15, 0.2) is 5.11 Å². The van der Waals surface area contributed by atoms with Crippen molar-refractivity contribution in [3.63, 3.8) is 0 Å². The molecule has 0 aromatic carbocycles. The minimum absolute atomic E-state index is 0.0496. The maximum Gasteiger partial charge on any atom is 0.410 e. The second-order valence-corrected chi connectivity index (χ2v) is 8.00. The fourth-order valence-corrected chi connectivity index (χ4v) is 2.54. The van der Waals surface area contributed by atoms with E-state index in [9.17, 15) is 9.59 Å². The second kappa shape index (κ2) is 7.75. The molecule has 1 fully saturated rings. The molecule has 0 radical (unpaired) electrons. The summed E-state index contributed by atoms with van der Waals surface area (Å²) in [6, 6.07) is -0.639. The lowest BCUT2D eigenvalue weighted by atomic mass is 9.95.